The van der Waals surface area contributed by atoms with Crippen LogP contribution < -0.4 is 19.5 Å². The lowest BCUT2D eigenvalue weighted by Crippen LogP contribution is -2.40. The average Bonchev–Trinajstić information content (AvgIpc) is 3.33. The summed E-state index contributed by atoms with van der Waals surface area (Å²) in [6.45, 7) is 1.49. The van der Waals surface area contributed by atoms with Crippen molar-refractivity contribution in [2.75, 3.05) is 33.4 Å². The van der Waals surface area contributed by atoms with E-state index < -0.39 is 15.9 Å². The Hall–Kier alpha value is -2.78. The number of amides is 1. The quantitative estimate of drug-likeness (QED) is 0.751. The number of hydrogen-bond donors (Lipinski definition) is 1. The second-order valence-corrected chi connectivity index (χ2v) is 9.09. The highest BCUT2D eigenvalue weighted by molar-refractivity contribution is 7.89. The van der Waals surface area contributed by atoms with E-state index in [0.29, 0.717) is 31.2 Å². The number of methoxy groups -OCH3 is 1. The van der Waals surface area contributed by atoms with Crippen molar-refractivity contribution in [1.29, 1.82) is 0 Å². The van der Waals surface area contributed by atoms with Gasteiger partial charge in [-0.2, -0.15) is 4.31 Å². The van der Waals surface area contributed by atoms with Crippen LogP contribution in [-0.2, 0) is 10.0 Å². The van der Waals surface area contributed by atoms with Gasteiger partial charge in [0.2, 0.25) is 10.0 Å². The molecular formula is C21H24N2O6S. The van der Waals surface area contributed by atoms with Crippen molar-refractivity contribution in [3.63, 3.8) is 0 Å². The van der Waals surface area contributed by atoms with E-state index in [1.54, 1.807) is 6.07 Å². The topological polar surface area (TPSA) is 94.2 Å². The van der Waals surface area contributed by atoms with Gasteiger partial charge in [0, 0.05) is 18.7 Å². The van der Waals surface area contributed by atoms with Gasteiger partial charge in [-0.1, -0.05) is 12.1 Å². The number of nitrogens with zero attached hydrogens (tertiary/aromatic N) is 1. The molecule has 0 aliphatic carbocycles. The molecule has 0 saturated carbocycles. The van der Waals surface area contributed by atoms with Crippen molar-refractivity contribution >= 4 is 15.9 Å². The van der Waals surface area contributed by atoms with Gasteiger partial charge in [0.15, 0.2) is 11.5 Å². The zero-order chi connectivity index (χ0) is 21.1. The Morgan fingerprint density at radius 2 is 1.90 bits per heavy atom. The molecule has 2 heterocycles. The molecule has 2 aliphatic heterocycles. The summed E-state index contributed by atoms with van der Waals surface area (Å²) in [6, 6.07) is 11.8. The van der Waals surface area contributed by atoms with Crippen molar-refractivity contribution in [3.05, 3.63) is 48.0 Å². The molecular weight excluding hydrogens is 408 g/mol. The van der Waals surface area contributed by atoms with Crippen LogP contribution in [0.3, 0.4) is 0 Å². The molecule has 1 saturated heterocycles. The average molecular weight is 432 g/mol. The van der Waals surface area contributed by atoms with Gasteiger partial charge in [0.05, 0.1) is 13.7 Å². The predicted molar refractivity (Wildman–Crippen MR) is 110 cm³/mol. The summed E-state index contributed by atoms with van der Waals surface area (Å²) in [6.07, 6.45) is 1.32. The molecule has 9 heteroatoms. The molecule has 2 aromatic rings. The largest absolute Gasteiger partial charge is 0.495 e. The zero-order valence-corrected chi connectivity index (χ0v) is 17.5. The number of rotatable bonds is 6. The second-order valence-electron chi connectivity index (χ2n) is 7.18. The van der Waals surface area contributed by atoms with Crippen molar-refractivity contribution in [1.82, 2.24) is 9.62 Å². The standard InChI is InChI=1S/C21H24N2O6S/c1-27-19-9-8-15(12-20(19)30(25,26)23-10-4-5-11-23)21(24)22-13-16-14-28-17-6-2-3-7-18(17)29-16/h2-3,6-9,12,16H,4-5,10-11,13-14H2,1H3,(H,22,24). The first-order chi connectivity index (χ1) is 14.5. The highest BCUT2D eigenvalue weighted by Crippen LogP contribution is 2.31. The van der Waals surface area contributed by atoms with Crippen molar-refractivity contribution < 1.29 is 27.4 Å². The number of carbonyl (C=O) groups is 1. The normalized spacial score (nSPS) is 18.8. The van der Waals surface area contributed by atoms with E-state index in [1.807, 2.05) is 24.3 Å². The van der Waals surface area contributed by atoms with Crippen molar-refractivity contribution in [2.45, 2.75) is 23.8 Å². The number of fused-ring (bicyclic) bond motifs is 1. The SMILES string of the molecule is COc1ccc(C(=O)NCC2COc3ccccc3O2)cc1S(=O)(=O)N1CCCC1. The minimum absolute atomic E-state index is 0.00530. The highest BCUT2D eigenvalue weighted by atomic mass is 32.2. The Labute approximate surface area is 175 Å². The number of benzene rings is 2. The minimum Gasteiger partial charge on any atom is -0.495 e. The van der Waals surface area contributed by atoms with Crippen LogP contribution in [0.2, 0.25) is 0 Å². The third kappa shape index (κ3) is 4.08. The Balaban J connectivity index is 1.47. The first-order valence-electron chi connectivity index (χ1n) is 9.84. The van der Waals surface area contributed by atoms with E-state index >= 15 is 0 Å². The maximum absolute atomic E-state index is 13.0. The molecule has 0 spiro atoms. The van der Waals surface area contributed by atoms with Gasteiger partial charge in [0.25, 0.3) is 5.91 Å². The highest BCUT2D eigenvalue weighted by Gasteiger charge is 2.31. The lowest BCUT2D eigenvalue weighted by molar-refractivity contribution is 0.0789. The monoisotopic (exact) mass is 432 g/mol. The molecule has 1 amide bonds. The van der Waals surface area contributed by atoms with Gasteiger partial charge in [-0.15, -0.1) is 0 Å². The Morgan fingerprint density at radius 1 is 1.17 bits per heavy atom. The summed E-state index contributed by atoms with van der Waals surface area (Å²) < 4.78 is 44.1. The summed E-state index contributed by atoms with van der Waals surface area (Å²) in [5.74, 6) is 1.13. The van der Waals surface area contributed by atoms with E-state index in [2.05, 4.69) is 5.32 Å². The number of ether oxygens (including phenoxy) is 3. The fraction of sp³-hybridized carbons (Fsp3) is 0.381. The Morgan fingerprint density at radius 3 is 2.63 bits per heavy atom. The van der Waals surface area contributed by atoms with Crippen molar-refractivity contribution in [2.24, 2.45) is 0 Å². The molecule has 0 aromatic heterocycles. The van der Waals surface area contributed by atoms with Crippen LogP contribution in [0.15, 0.2) is 47.4 Å². The van der Waals surface area contributed by atoms with E-state index in [-0.39, 0.29) is 28.9 Å². The molecule has 160 valence electrons. The molecule has 30 heavy (non-hydrogen) atoms. The summed E-state index contributed by atoms with van der Waals surface area (Å²) in [7, 11) is -2.31. The summed E-state index contributed by atoms with van der Waals surface area (Å²) in [5, 5.41) is 2.79. The number of carbonyl (C=O) groups excluding carboxylic acids is 1. The third-order valence-corrected chi connectivity index (χ3v) is 7.09. The van der Waals surface area contributed by atoms with Crippen LogP contribution in [-0.4, -0.2) is 58.1 Å². The van der Waals surface area contributed by atoms with E-state index in [4.69, 9.17) is 14.2 Å². The molecule has 1 N–H and O–H groups in total. The molecule has 1 unspecified atom stereocenters. The van der Waals surface area contributed by atoms with Crippen LogP contribution in [0, 0.1) is 0 Å². The zero-order valence-electron chi connectivity index (χ0n) is 16.7. The van der Waals surface area contributed by atoms with Gasteiger partial charge in [-0.05, 0) is 43.2 Å². The Bertz CT molecular complexity index is 1030. The van der Waals surface area contributed by atoms with Gasteiger partial charge in [-0.25, -0.2) is 8.42 Å². The molecule has 8 nitrogen and oxygen atoms in total. The van der Waals surface area contributed by atoms with Gasteiger partial charge >= 0.3 is 0 Å². The maximum atomic E-state index is 13.0. The van der Waals surface area contributed by atoms with E-state index in [0.717, 1.165) is 12.8 Å². The molecule has 2 aromatic carbocycles. The lowest BCUT2D eigenvalue weighted by Gasteiger charge is -2.26. The van der Waals surface area contributed by atoms with Crippen LogP contribution in [0.25, 0.3) is 0 Å². The number of sulfonamides is 1. The molecule has 0 radical (unpaired) electrons. The van der Waals surface area contributed by atoms with Gasteiger partial charge in [0.1, 0.15) is 23.4 Å². The third-order valence-electron chi connectivity index (χ3n) is 5.17. The maximum Gasteiger partial charge on any atom is 0.251 e. The molecule has 0 bridgehead atoms. The summed E-state index contributed by atoms with van der Waals surface area (Å²) in [4.78, 5) is 12.7. The predicted octanol–water partition coefficient (Wildman–Crippen LogP) is 2.05. The first kappa shape index (κ1) is 20.5. The number of nitrogens with one attached hydrogen (secondary N) is 1. The first-order valence-corrected chi connectivity index (χ1v) is 11.3. The second kappa shape index (κ2) is 8.53. The van der Waals surface area contributed by atoms with E-state index in [1.165, 1.54) is 23.5 Å². The minimum atomic E-state index is -3.72. The smallest absolute Gasteiger partial charge is 0.251 e. The van der Waals surface area contributed by atoms with Crippen LogP contribution in [0.5, 0.6) is 17.2 Å². The molecule has 2 aliphatic rings. The Kier molecular flexibility index (Phi) is 5.83. The van der Waals surface area contributed by atoms with Gasteiger partial charge < -0.3 is 19.5 Å². The number of para-hydroxylation sites is 2. The summed E-state index contributed by atoms with van der Waals surface area (Å²) in [5.41, 5.74) is 0.241. The molecule has 4 rings (SSSR count). The fourth-order valence-electron chi connectivity index (χ4n) is 3.56. The van der Waals surface area contributed by atoms with Gasteiger partial charge in [-0.3, -0.25) is 4.79 Å². The summed E-state index contributed by atoms with van der Waals surface area (Å²) >= 11 is 0. The van der Waals surface area contributed by atoms with Crippen molar-refractivity contribution in [3.8, 4) is 17.2 Å². The van der Waals surface area contributed by atoms with E-state index in [9.17, 15) is 13.2 Å². The molecule has 1 fully saturated rings. The fourth-order valence-corrected chi connectivity index (χ4v) is 5.26. The van der Waals surface area contributed by atoms with Crippen LogP contribution in [0.1, 0.15) is 23.2 Å². The number of hydrogen-bond acceptors (Lipinski definition) is 6. The lowest BCUT2D eigenvalue weighted by atomic mass is 10.2. The van der Waals surface area contributed by atoms with Crippen LogP contribution in [0.4, 0.5) is 0 Å². The van der Waals surface area contributed by atoms with Crippen LogP contribution >= 0.6 is 0 Å². The molecule has 1 atom stereocenters.